The van der Waals surface area contributed by atoms with Crippen LogP contribution in [0.15, 0.2) is 59.2 Å². The van der Waals surface area contributed by atoms with Gasteiger partial charge in [0.15, 0.2) is 5.78 Å². The second-order valence-corrected chi connectivity index (χ2v) is 4.73. The molecule has 1 aromatic heterocycles. The molecule has 0 atom stereocenters. The Hall–Kier alpha value is -2.35. The third-order valence-electron chi connectivity index (χ3n) is 3.23. The average molecular weight is 250 g/mol. The molecule has 3 aromatic rings. The van der Waals surface area contributed by atoms with Crippen LogP contribution in [0.4, 0.5) is 0 Å². The second kappa shape index (κ2) is 4.73. The number of carbonyl (C=O) groups is 1. The van der Waals surface area contributed by atoms with Crippen LogP contribution in [0.1, 0.15) is 21.5 Å². The monoisotopic (exact) mass is 250 g/mol. The first-order valence-corrected chi connectivity index (χ1v) is 6.29. The van der Waals surface area contributed by atoms with Gasteiger partial charge in [-0.25, -0.2) is 0 Å². The van der Waals surface area contributed by atoms with Crippen molar-refractivity contribution in [3.8, 4) is 0 Å². The molecule has 3 rings (SSSR count). The number of hydrogen-bond donors (Lipinski definition) is 0. The van der Waals surface area contributed by atoms with Gasteiger partial charge in [-0.3, -0.25) is 4.79 Å². The van der Waals surface area contributed by atoms with Crippen LogP contribution >= 0.6 is 0 Å². The number of furan rings is 1. The van der Waals surface area contributed by atoms with Crippen LogP contribution in [-0.2, 0) is 6.42 Å². The molecule has 0 saturated heterocycles. The molecule has 0 saturated carbocycles. The predicted molar refractivity (Wildman–Crippen MR) is 75.4 cm³/mol. The maximum Gasteiger partial charge on any atom is 0.171 e. The molecule has 0 bridgehead atoms. The van der Waals surface area contributed by atoms with Crippen LogP contribution in [-0.4, -0.2) is 5.78 Å². The van der Waals surface area contributed by atoms with Gasteiger partial charge >= 0.3 is 0 Å². The molecule has 0 radical (unpaired) electrons. The number of aryl methyl sites for hydroxylation is 1. The van der Waals surface area contributed by atoms with E-state index in [1.165, 1.54) is 5.56 Å². The quantitative estimate of drug-likeness (QED) is 0.653. The first-order chi connectivity index (χ1) is 9.24. The number of Topliss-reactive ketones (excluding diaryl/α,β-unsaturated/α-hetero) is 1. The lowest BCUT2D eigenvalue weighted by Crippen LogP contribution is -2.02. The van der Waals surface area contributed by atoms with Crippen molar-refractivity contribution in [1.29, 1.82) is 0 Å². The Balaban J connectivity index is 1.92. The number of hydrogen-bond acceptors (Lipinski definition) is 2. The van der Waals surface area contributed by atoms with E-state index in [0.29, 0.717) is 12.0 Å². The summed E-state index contributed by atoms with van der Waals surface area (Å²) < 4.78 is 5.41. The van der Waals surface area contributed by atoms with Gasteiger partial charge < -0.3 is 4.42 Å². The van der Waals surface area contributed by atoms with Gasteiger partial charge in [0.2, 0.25) is 0 Å². The van der Waals surface area contributed by atoms with Crippen molar-refractivity contribution in [2.45, 2.75) is 13.3 Å². The van der Waals surface area contributed by atoms with Crippen molar-refractivity contribution in [3.05, 3.63) is 71.5 Å². The molecule has 2 heteroatoms. The molecule has 0 aliphatic carbocycles. The van der Waals surface area contributed by atoms with E-state index < -0.39 is 0 Å². The number of fused-ring (bicyclic) bond motifs is 1. The Morgan fingerprint density at radius 3 is 2.79 bits per heavy atom. The van der Waals surface area contributed by atoms with E-state index in [4.69, 9.17) is 4.42 Å². The summed E-state index contributed by atoms with van der Waals surface area (Å²) in [4.78, 5) is 12.3. The fourth-order valence-corrected chi connectivity index (χ4v) is 2.30. The standard InChI is InChI=1S/C17H14O2/c1-12-5-4-6-13(9-12)10-16(18)15-11-19-17-8-3-2-7-14(15)17/h2-9,11H,10H2,1H3. The van der Waals surface area contributed by atoms with Crippen LogP contribution in [0.5, 0.6) is 0 Å². The van der Waals surface area contributed by atoms with Crippen LogP contribution in [0, 0.1) is 6.92 Å². The zero-order valence-electron chi connectivity index (χ0n) is 10.7. The number of benzene rings is 2. The molecule has 0 fully saturated rings. The summed E-state index contributed by atoms with van der Waals surface area (Å²) in [6.45, 7) is 2.03. The molecule has 2 aromatic carbocycles. The molecular weight excluding hydrogens is 236 g/mol. The van der Waals surface area contributed by atoms with Gasteiger partial charge in [-0.15, -0.1) is 0 Å². The summed E-state index contributed by atoms with van der Waals surface area (Å²) in [5.41, 5.74) is 3.63. The summed E-state index contributed by atoms with van der Waals surface area (Å²) in [5, 5.41) is 0.889. The van der Waals surface area contributed by atoms with E-state index >= 15 is 0 Å². The van der Waals surface area contributed by atoms with Crippen molar-refractivity contribution in [3.63, 3.8) is 0 Å². The minimum atomic E-state index is 0.0931. The Kier molecular flexibility index (Phi) is 2.92. The van der Waals surface area contributed by atoms with Gasteiger partial charge in [-0.1, -0.05) is 48.0 Å². The Morgan fingerprint density at radius 1 is 1.11 bits per heavy atom. The van der Waals surface area contributed by atoms with Crippen LogP contribution in [0.2, 0.25) is 0 Å². The SMILES string of the molecule is Cc1cccc(CC(=O)c2coc3ccccc23)c1. The van der Waals surface area contributed by atoms with Crippen LogP contribution in [0.25, 0.3) is 11.0 Å². The largest absolute Gasteiger partial charge is 0.464 e. The van der Waals surface area contributed by atoms with E-state index in [-0.39, 0.29) is 5.78 Å². The Morgan fingerprint density at radius 2 is 1.95 bits per heavy atom. The number of ketones is 1. The minimum absolute atomic E-state index is 0.0931. The van der Waals surface area contributed by atoms with Gasteiger partial charge in [0.25, 0.3) is 0 Å². The third-order valence-corrected chi connectivity index (χ3v) is 3.23. The highest BCUT2D eigenvalue weighted by Gasteiger charge is 2.13. The summed E-state index contributed by atoms with van der Waals surface area (Å²) in [5.74, 6) is 0.0931. The van der Waals surface area contributed by atoms with E-state index in [9.17, 15) is 4.79 Å². The average Bonchev–Trinajstić information content (AvgIpc) is 2.82. The molecule has 0 amide bonds. The topological polar surface area (TPSA) is 30.2 Å². The summed E-state index contributed by atoms with van der Waals surface area (Å²) >= 11 is 0. The predicted octanol–water partition coefficient (Wildman–Crippen LogP) is 4.17. The Labute approximate surface area is 111 Å². The molecule has 0 spiro atoms. The fraction of sp³-hybridized carbons (Fsp3) is 0.118. The smallest absolute Gasteiger partial charge is 0.171 e. The van der Waals surface area contributed by atoms with E-state index in [1.54, 1.807) is 6.26 Å². The maximum absolute atomic E-state index is 12.3. The molecule has 0 aliphatic rings. The minimum Gasteiger partial charge on any atom is -0.464 e. The fourth-order valence-electron chi connectivity index (χ4n) is 2.30. The highest BCUT2D eigenvalue weighted by Crippen LogP contribution is 2.22. The number of rotatable bonds is 3. The zero-order valence-corrected chi connectivity index (χ0v) is 10.7. The summed E-state index contributed by atoms with van der Waals surface area (Å²) in [6, 6.07) is 15.6. The van der Waals surface area contributed by atoms with Gasteiger partial charge in [0.05, 0.1) is 5.56 Å². The first-order valence-electron chi connectivity index (χ1n) is 6.29. The lowest BCUT2D eigenvalue weighted by atomic mass is 10.0. The normalized spacial score (nSPS) is 10.8. The van der Waals surface area contributed by atoms with Crippen molar-refractivity contribution >= 4 is 16.8 Å². The third kappa shape index (κ3) is 2.29. The summed E-state index contributed by atoms with van der Waals surface area (Å²) in [7, 11) is 0. The maximum atomic E-state index is 12.3. The van der Waals surface area contributed by atoms with E-state index in [0.717, 1.165) is 16.5 Å². The van der Waals surface area contributed by atoms with Crippen molar-refractivity contribution in [2.24, 2.45) is 0 Å². The van der Waals surface area contributed by atoms with E-state index in [1.807, 2.05) is 55.5 Å². The Bertz CT molecular complexity index is 738. The lowest BCUT2D eigenvalue weighted by molar-refractivity contribution is 0.0993. The lowest BCUT2D eigenvalue weighted by Gasteiger charge is -2.01. The van der Waals surface area contributed by atoms with Crippen LogP contribution < -0.4 is 0 Å². The molecule has 2 nitrogen and oxygen atoms in total. The molecular formula is C17H14O2. The zero-order chi connectivity index (χ0) is 13.2. The van der Waals surface area contributed by atoms with E-state index in [2.05, 4.69) is 0 Å². The molecule has 94 valence electrons. The van der Waals surface area contributed by atoms with Crippen molar-refractivity contribution in [1.82, 2.24) is 0 Å². The summed E-state index contributed by atoms with van der Waals surface area (Å²) in [6.07, 6.45) is 1.97. The number of carbonyl (C=O) groups excluding carboxylic acids is 1. The van der Waals surface area contributed by atoms with Gasteiger partial charge in [0, 0.05) is 11.8 Å². The van der Waals surface area contributed by atoms with Crippen molar-refractivity contribution < 1.29 is 9.21 Å². The van der Waals surface area contributed by atoms with Gasteiger partial charge in [-0.05, 0) is 18.6 Å². The highest BCUT2D eigenvalue weighted by atomic mass is 16.3. The molecule has 0 N–H and O–H groups in total. The second-order valence-electron chi connectivity index (χ2n) is 4.73. The van der Waals surface area contributed by atoms with Gasteiger partial charge in [0.1, 0.15) is 11.8 Å². The molecule has 0 aliphatic heterocycles. The molecule has 19 heavy (non-hydrogen) atoms. The number of para-hydroxylation sites is 1. The van der Waals surface area contributed by atoms with Crippen LogP contribution in [0.3, 0.4) is 0 Å². The molecule has 0 unspecified atom stereocenters. The first kappa shape index (κ1) is 11.7. The van der Waals surface area contributed by atoms with Gasteiger partial charge in [-0.2, -0.15) is 0 Å². The molecule has 1 heterocycles. The van der Waals surface area contributed by atoms with Crippen molar-refractivity contribution in [2.75, 3.05) is 0 Å². The highest BCUT2D eigenvalue weighted by molar-refractivity contribution is 6.07.